The van der Waals surface area contributed by atoms with Gasteiger partial charge in [0, 0.05) is 39.3 Å². The highest BCUT2D eigenvalue weighted by molar-refractivity contribution is 5.97. The van der Waals surface area contributed by atoms with Crippen LogP contribution < -0.4 is 0 Å². The second-order valence-electron chi connectivity index (χ2n) is 7.87. The lowest BCUT2D eigenvalue weighted by molar-refractivity contribution is -0.240. The van der Waals surface area contributed by atoms with Gasteiger partial charge < -0.3 is 19.1 Å². The van der Waals surface area contributed by atoms with Crippen LogP contribution >= 0.6 is 0 Å². The second-order valence-corrected chi connectivity index (χ2v) is 7.87. The van der Waals surface area contributed by atoms with Gasteiger partial charge in [-0.2, -0.15) is 0 Å². The van der Waals surface area contributed by atoms with Gasteiger partial charge in [-0.25, -0.2) is 4.79 Å². The van der Waals surface area contributed by atoms with Gasteiger partial charge >= 0.3 is 18.0 Å². The number of piperidine rings is 1. The number of carbonyl (C=O) groups excluding carboxylic acids is 4. The number of likely N-dealkylation sites (tertiary alicyclic amines) is 1. The maximum atomic E-state index is 12.2. The molecule has 1 amide bonds. The zero-order valence-electron chi connectivity index (χ0n) is 15.3. The number of amides is 1. The molecule has 2 heterocycles. The smallest absolute Gasteiger partial charge is 0.410 e. The maximum absolute atomic E-state index is 12.2. The Morgan fingerprint density at radius 3 is 2.28 bits per heavy atom. The molecule has 140 valence electrons. The maximum Gasteiger partial charge on any atom is 0.410 e. The van der Waals surface area contributed by atoms with Crippen molar-refractivity contribution in [2.75, 3.05) is 13.1 Å². The summed E-state index contributed by atoms with van der Waals surface area (Å²) < 4.78 is 15.5. The fourth-order valence-electron chi connectivity index (χ4n) is 2.83. The molecule has 2 aliphatic rings. The SMILES string of the molecule is CC(C)(C)OC(=O)N1CCC(=O)C(CC2C(=O)OC(C)(C)OC2=O)C1. The van der Waals surface area contributed by atoms with Crippen LogP contribution in [-0.2, 0) is 28.6 Å². The van der Waals surface area contributed by atoms with Crippen LogP contribution in [0.3, 0.4) is 0 Å². The Morgan fingerprint density at radius 1 is 1.20 bits per heavy atom. The molecule has 0 aromatic heterocycles. The van der Waals surface area contributed by atoms with Crippen LogP contribution in [-0.4, -0.2) is 53.2 Å². The van der Waals surface area contributed by atoms with E-state index in [0.29, 0.717) is 0 Å². The topological polar surface area (TPSA) is 99.2 Å². The summed E-state index contributed by atoms with van der Waals surface area (Å²) in [6.45, 7) is 8.57. The van der Waals surface area contributed by atoms with Crippen LogP contribution in [0.2, 0.25) is 0 Å². The molecule has 0 saturated carbocycles. The predicted molar refractivity (Wildman–Crippen MR) is 85.3 cm³/mol. The van der Waals surface area contributed by atoms with Crippen molar-refractivity contribution in [1.82, 2.24) is 4.90 Å². The molecule has 2 rings (SSSR count). The van der Waals surface area contributed by atoms with Crippen LogP contribution in [0, 0.1) is 11.8 Å². The Balaban J connectivity index is 2.03. The molecular weight excluding hydrogens is 330 g/mol. The third-order valence-electron chi connectivity index (χ3n) is 3.96. The van der Waals surface area contributed by atoms with Gasteiger partial charge in [0.2, 0.25) is 0 Å². The van der Waals surface area contributed by atoms with Gasteiger partial charge in [-0.3, -0.25) is 14.4 Å². The average molecular weight is 355 g/mol. The molecule has 0 N–H and O–H groups in total. The van der Waals surface area contributed by atoms with E-state index in [1.54, 1.807) is 20.8 Å². The van der Waals surface area contributed by atoms with Gasteiger partial charge in [0.1, 0.15) is 11.4 Å². The molecule has 0 aromatic carbocycles. The molecule has 0 spiro atoms. The molecule has 0 aromatic rings. The summed E-state index contributed by atoms with van der Waals surface area (Å²) in [5.41, 5.74) is -0.642. The van der Waals surface area contributed by atoms with Crippen molar-refractivity contribution in [1.29, 1.82) is 0 Å². The monoisotopic (exact) mass is 355 g/mol. The molecular formula is C17H25NO7. The highest BCUT2D eigenvalue weighted by Crippen LogP contribution is 2.29. The van der Waals surface area contributed by atoms with E-state index in [-0.39, 0.29) is 31.7 Å². The first-order chi connectivity index (χ1) is 11.4. The fourth-order valence-corrected chi connectivity index (χ4v) is 2.83. The molecule has 1 unspecified atom stereocenters. The molecule has 0 radical (unpaired) electrons. The predicted octanol–water partition coefficient (Wildman–Crippen LogP) is 1.65. The molecule has 2 fully saturated rings. The summed E-state index contributed by atoms with van der Waals surface area (Å²) >= 11 is 0. The molecule has 8 heteroatoms. The molecule has 2 saturated heterocycles. The first-order valence-electron chi connectivity index (χ1n) is 8.34. The van der Waals surface area contributed by atoms with Crippen molar-refractivity contribution in [3.8, 4) is 0 Å². The number of nitrogens with zero attached hydrogens (tertiary/aromatic N) is 1. The lowest BCUT2D eigenvalue weighted by atomic mass is 9.87. The van der Waals surface area contributed by atoms with Gasteiger partial charge in [0.15, 0.2) is 5.92 Å². The van der Waals surface area contributed by atoms with Crippen molar-refractivity contribution >= 4 is 23.8 Å². The van der Waals surface area contributed by atoms with Crippen molar-refractivity contribution in [2.24, 2.45) is 11.8 Å². The molecule has 1 atom stereocenters. The molecule has 0 aliphatic carbocycles. The molecule has 2 aliphatic heterocycles. The van der Waals surface area contributed by atoms with Crippen molar-refractivity contribution < 1.29 is 33.4 Å². The summed E-state index contributed by atoms with van der Waals surface area (Å²) in [6, 6.07) is 0. The van der Waals surface area contributed by atoms with Gasteiger partial charge in [0.05, 0.1) is 0 Å². The Bertz CT molecular complexity index is 570. The molecule has 8 nitrogen and oxygen atoms in total. The quantitative estimate of drug-likeness (QED) is 0.548. The van der Waals surface area contributed by atoms with E-state index < -0.39 is 41.3 Å². The largest absolute Gasteiger partial charge is 0.444 e. The lowest BCUT2D eigenvalue weighted by Gasteiger charge is -2.36. The number of ketones is 1. The summed E-state index contributed by atoms with van der Waals surface area (Å²) in [5.74, 6) is -4.59. The number of cyclic esters (lactones) is 2. The van der Waals surface area contributed by atoms with Gasteiger partial charge in [-0.1, -0.05) is 0 Å². The van der Waals surface area contributed by atoms with Crippen molar-refractivity contribution in [3.63, 3.8) is 0 Å². The van der Waals surface area contributed by atoms with Crippen LogP contribution in [0.4, 0.5) is 4.79 Å². The first kappa shape index (κ1) is 19.2. The van der Waals surface area contributed by atoms with Crippen molar-refractivity contribution in [3.05, 3.63) is 0 Å². The minimum Gasteiger partial charge on any atom is -0.444 e. The number of hydrogen-bond donors (Lipinski definition) is 0. The number of hydrogen-bond acceptors (Lipinski definition) is 7. The van der Waals surface area contributed by atoms with Crippen LogP contribution in [0.15, 0.2) is 0 Å². The van der Waals surface area contributed by atoms with E-state index in [4.69, 9.17) is 14.2 Å². The summed E-state index contributed by atoms with van der Waals surface area (Å²) in [4.78, 5) is 49.9. The van der Waals surface area contributed by atoms with Crippen molar-refractivity contribution in [2.45, 2.75) is 58.8 Å². The zero-order chi connectivity index (χ0) is 19.0. The minimum atomic E-state index is -1.30. The third kappa shape index (κ3) is 4.93. The Hall–Kier alpha value is -2.12. The van der Waals surface area contributed by atoms with E-state index in [1.807, 2.05) is 0 Å². The van der Waals surface area contributed by atoms with Gasteiger partial charge in [-0.05, 0) is 27.2 Å². The number of esters is 2. The van der Waals surface area contributed by atoms with Crippen LogP contribution in [0.1, 0.15) is 47.5 Å². The summed E-state index contributed by atoms with van der Waals surface area (Å²) in [6.07, 6.45) is -0.391. The lowest BCUT2D eigenvalue weighted by Crippen LogP contribution is -2.50. The number of carbonyl (C=O) groups is 4. The minimum absolute atomic E-state index is 0.0358. The second kappa shape index (κ2) is 6.65. The Kier molecular flexibility index (Phi) is 5.11. The third-order valence-corrected chi connectivity index (χ3v) is 3.96. The number of Topliss-reactive ketones (excluding diaryl/α,β-unsaturated/α-hetero) is 1. The standard InChI is InChI=1S/C17H25NO7/c1-16(2,3)25-15(22)18-7-6-12(19)10(9-18)8-11-13(20)23-17(4,5)24-14(11)21/h10-11H,6-9H2,1-5H3. The van der Waals surface area contributed by atoms with E-state index in [1.165, 1.54) is 18.7 Å². The molecule has 25 heavy (non-hydrogen) atoms. The zero-order valence-corrected chi connectivity index (χ0v) is 15.3. The van der Waals surface area contributed by atoms with Gasteiger partial charge in [-0.15, -0.1) is 0 Å². The van der Waals surface area contributed by atoms with E-state index in [2.05, 4.69) is 0 Å². The number of ether oxygens (including phenoxy) is 3. The van der Waals surface area contributed by atoms with Gasteiger partial charge in [0.25, 0.3) is 5.79 Å². The Morgan fingerprint density at radius 2 is 1.76 bits per heavy atom. The van der Waals surface area contributed by atoms with Crippen LogP contribution in [0.5, 0.6) is 0 Å². The normalized spacial score (nSPS) is 24.6. The van der Waals surface area contributed by atoms with E-state index >= 15 is 0 Å². The summed E-state index contributed by atoms with van der Waals surface area (Å²) in [7, 11) is 0. The van der Waals surface area contributed by atoms with Crippen LogP contribution in [0.25, 0.3) is 0 Å². The number of rotatable bonds is 2. The Labute approximate surface area is 146 Å². The average Bonchev–Trinajstić information content (AvgIpc) is 2.41. The van der Waals surface area contributed by atoms with E-state index in [0.717, 1.165) is 0 Å². The highest BCUT2D eigenvalue weighted by Gasteiger charge is 2.45. The highest BCUT2D eigenvalue weighted by atomic mass is 16.7. The summed E-state index contributed by atoms with van der Waals surface area (Å²) in [5, 5.41) is 0. The molecule has 0 bridgehead atoms. The fraction of sp³-hybridized carbons (Fsp3) is 0.765. The van der Waals surface area contributed by atoms with E-state index in [9.17, 15) is 19.2 Å². The first-order valence-corrected chi connectivity index (χ1v) is 8.34.